The van der Waals surface area contributed by atoms with Crippen LogP contribution in [-0.2, 0) is 19.0 Å². The van der Waals surface area contributed by atoms with Crippen molar-refractivity contribution in [2.45, 2.75) is 70.9 Å². The number of hydrogen-bond acceptors (Lipinski definition) is 6. The van der Waals surface area contributed by atoms with E-state index < -0.39 is 11.9 Å². The summed E-state index contributed by atoms with van der Waals surface area (Å²) in [4.78, 5) is 13.2. The quantitative estimate of drug-likeness (QED) is 0.355. The highest BCUT2D eigenvalue weighted by molar-refractivity contribution is 7.10. The van der Waals surface area contributed by atoms with Gasteiger partial charge in [-0.2, -0.15) is 13.2 Å². The van der Waals surface area contributed by atoms with Crippen LogP contribution >= 0.6 is 34.0 Å². The number of nitrogens with zero attached hydrogens (tertiary/aromatic N) is 3. The summed E-state index contributed by atoms with van der Waals surface area (Å²) in [6, 6.07) is 0. The largest absolute Gasteiger partial charge is 0.434 e. The van der Waals surface area contributed by atoms with Crippen molar-refractivity contribution in [1.29, 1.82) is 0 Å². The Morgan fingerprint density at radius 2 is 1.38 bits per heavy atom. The lowest BCUT2D eigenvalue weighted by Crippen LogP contribution is -2.06. The molecule has 0 aliphatic rings. The SMILES string of the molecule is CC(C)c1nc(CC(C)c2nc(CCC(C)c3nc(C(F)(F)F)cs3)cs2)cs1. The van der Waals surface area contributed by atoms with Crippen LogP contribution < -0.4 is 0 Å². The van der Waals surface area contributed by atoms with Crippen LogP contribution in [0, 0.1) is 0 Å². The number of rotatable bonds is 8. The van der Waals surface area contributed by atoms with Crippen molar-refractivity contribution in [1.82, 2.24) is 15.0 Å². The third-order valence-electron chi connectivity index (χ3n) is 4.64. The van der Waals surface area contributed by atoms with E-state index in [0.29, 0.717) is 16.8 Å². The van der Waals surface area contributed by atoms with E-state index in [1.165, 1.54) is 0 Å². The molecule has 3 rings (SSSR count). The molecule has 0 amide bonds. The minimum absolute atomic E-state index is 0.0249. The number of halogens is 3. The van der Waals surface area contributed by atoms with Crippen LogP contribution in [0.3, 0.4) is 0 Å². The Balaban J connectivity index is 1.54. The van der Waals surface area contributed by atoms with Crippen molar-refractivity contribution < 1.29 is 13.2 Å². The Kier molecular flexibility index (Phi) is 7.11. The molecule has 0 saturated heterocycles. The maximum atomic E-state index is 12.7. The molecule has 9 heteroatoms. The predicted octanol–water partition coefficient (Wildman–Crippen LogP) is 7.28. The van der Waals surface area contributed by atoms with Crippen molar-refractivity contribution in [3.05, 3.63) is 48.2 Å². The van der Waals surface area contributed by atoms with Gasteiger partial charge in [0.2, 0.25) is 0 Å². The molecule has 3 nitrogen and oxygen atoms in total. The molecule has 0 aliphatic carbocycles. The van der Waals surface area contributed by atoms with Gasteiger partial charge in [0.05, 0.1) is 26.4 Å². The van der Waals surface area contributed by atoms with E-state index in [1.54, 1.807) is 22.7 Å². The Labute approximate surface area is 181 Å². The van der Waals surface area contributed by atoms with Gasteiger partial charge in [0.15, 0.2) is 5.69 Å². The fourth-order valence-corrected chi connectivity index (χ4v) is 5.56. The van der Waals surface area contributed by atoms with Crippen molar-refractivity contribution >= 4 is 34.0 Å². The summed E-state index contributed by atoms with van der Waals surface area (Å²) in [7, 11) is 0. The van der Waals surface area contributed by atoms with E-state index in [2.05, 4.69) is 36.5 Å². The molecule has 2 atom stereocenters. The number of aryl methyl sites for hydroxylation is 1. The Bertz CT molecular complexity index is 927. The highest BCUT2D eigenvalue weighted by Crippen LogP contribution is 2.33. The van der Waals surface area contributed by atoms with Gasteiger partial charge in [-0.25, -0.2) is 15.0 Å². The van der Waals surface area contributed by atoms with Crippen LogP contribution in [0.15, 0.2) is 16.1 Å². The van der Waals surface area contributed by atoms with Gasteiger partial charge in [-0.15, -0.1) is 34.0 Å². The molecule has 2 unspecified atom stereocenters. The van der Waals surface area contributed by atoms with Gasteiger partial charge in [0, 0.05) is 33.9 Å². The van der Waals surface area contributed by atoms with Crippen LogP contribution in [0.1, 0.15) is 84.0 Å². The molecule has 0 spiro atoms. The summed E-state index contributed by atoms with van der Waals surface area (Å²) in [6.45, 7) is 8.38. The van der Waals surface area contributed by atoms with E-state index in [4.69, 9.17) is 9.97 Å². The molecule has 0 N–H and O–H groups in total. The molecule has 0 saturated carbocycles. The van der Waals surface area contributed by atoms with Crippen molar-refractivity contribution in [3.8, 4) is 0 Å². The fraction of sp³-hybridized carbons (Fsp3) is 0.550. The van der Waals surface area contributed by atoms with Crippen LogP contribution in [0.2, 0.25) is 0 Å². The fourth-order valence-electron chi connectivity index (χ4n) is 2.88. The molecular weight excluding hydrogens is 435 g/mol. The Morgan fingerprint density at radius 3 is 2.00 bits per heavy atom. The van der Waals surface area contributed by atoms with Crippen molar-refractivity contribution in [3.63, 3.8) is 0 Å². The molecule has 0 aromatic carbocycles. The molecule has 3 heterocycles. The van der Waals surface area contributed by atoms with Crippen molar-refractivity contribution in [2.75, 3.05) is 0 Å². The highest BCUT2D eigenvalue weighted by atomic mass is 32.1. The summed E-state index contributed by atoms with van der Waals surface area (Å²) in [5.41, 5.74) is 1.31. The minimum atomic E-state index is -4.37. The van der Waals surface area contributed by atoms with Gasteiger partial charge in [0.25, 0.3) is 0 Å². The lowest BCUT2D eigenvalue weighted by Gasteiger charge is -2.08. The van der Waals surface area contributed by atoms with E-state index in [0.717, 1.165) is 57.4 Å². The highest BCUT2D eigenvalue weighted by Gasteiger charge is 2.34. The lowest BCUT2D eigenvalue weighted by atomic mass is 10.1. The molecule has 0 radical (unpaired) electrons. The first-order valence-electron chi connectivity index (χ1n) is 9.54. The Morgan fingerprint density at radius 1 is 0.793 bits per heavy atom. The van der Waals surface area contributed by atoms with Gasteiger partial charge >= 0.3 is 6.18 Å². The second-order valence-electron chi connectivity index (χ2n) is 7.62. The van der Waals surface area contributed by atoms with Crippen LogP contribution in [0.25, 0.3) is 0 Å². The summed E-state index contributed by atoms with van der Waals surface area (Å²) < 4.78 is 38.2. The number of alkyl halides is 3. The van der Waals surface area contributed by atoms with Crippen LogP contribution in [0.5, 0.6) is 0 Å². The number of aromatic nitrogens is 3. The first-order valence-corrected chi connectivity index (χ1v) is 12.2. The van der Waals surface area contributed by atoms with E-state index >= 15 is 0 Å². The zero-order chi connectivity index (χ0) is 21.2. The second kappa shape index (κ2) is 9.22. The molecule has 29 heavy (non-hydrogen) atoms. The third-order valence-corrected chi connectivity index (χ3v) is 8.03. The summed E-state index contributed by atoms with van der Waals surface area (Å²) >= 11 is 4.44. The van der Waals surface area contributed by atoms with E-state index in [1.807, 2.05) is 6.92 Å². The lowest BCUT2D eigenvalue weighted by molar-refractivity contribution is -0.140. The maximum absolute atomic E-state index is 12.7. The predicted molar refractivity (Wildman–Crippen MR) is 114 cm³/mol. The average Bonchev–Trinajstić information content (AvgIpc) is 3.38. The van der Waals surface area contributed by atoms with Gasteiger partial charge in [-0.05, 0) is 19.3 Å². The topological polar surface area (TPSA) is 38.7 Å². The first kappa shape index (κ1) is 22.4. The molecular formula is C20H24F3N3S3. The van der Waals surface area contributed by atoms with Crippen molar-refractivity contribution in [2.24, 2.45) is 0 Å². The zero-order valence-electron chi connectivity index (χ0n) is 16.8. The van der Waals surface area contributed by atoms with Crippen LogP contribution in [-0.4, -0.2) is 15.0 Å². The van der Waals surface area contributed by atoms with E-state index in [9.17, 15) is 13.2 Å². The molecule has 0 bridgehead atoms. The number of hydrogen-bond donors (Lipinski definition) is 0. The van der Waals surface area contributed by atoms with E-state index in [-0.39, 0.29) is 5.92 Å². The molecule has 3 aromatic rings. The molecule has 0 fully saturated rings. The third kappa shape index (κ3) is 5.86. The average molecular weight is 460 g/mol. The Hall–Kier alpha value is -1.32. The molecule has 3 aromatic heterocycles. The molecule has 0 aliphatic heterocycles. The standard InChI is InChI=1S/C20H24F3N3S3/c1-11(2)17-25-15(9-27-17)7-13(4)19-24-14(8-28-19)6-5-12(3)18-26-16(10-29-18)20(21,22)23/h8-13H,5-7H2,1-4H3. The summed E-state index contributed by atoms with van der Waals surface area (Å²) in [5.74, 6) is 0.715. The molecule has 158 valence electrons. The maximum Gasteiger partial charge on any atom is 0.434 e. The van der Waals surface area contributed by atoms with Gasteiger partial charge in [0.1, 0.15) is 0 Å². The second-order valence-corrected chi connectivity index (χ2v) is 10.3. The normalized spacial score (nSPS) is 14.5. The monoisotopic (exact) mass is 459 g/mol. The number of thiazole rings is 3. The summed E-state index contributed by atoms with van der Waals surface area (Å²) in [6.07, 6.45) is -2.04. The van der Waals surface area contributed by atoms with Gasteiger partial charge < -0.3 is 0 Å². The zero-order valence-corrected chi connectivity index (χ0v) is 19.2. The first-order chi connectivity index (χ1) is 13.6. The van der Waals surface area contributed by atoms with Gasteiger partial charge in [-0.1, -0.05) is 27.7 Å². The van der Waals surface area contributed by atoms with Gasteiger partial charge in [-0.3, -0.25) is 0 Å². The minimum Gasteiger partial charge on any atom is -0.246 e. The van der Waals surface area contributed by atoms with Crippen LogP contribution in [0.4, 0.5) is 13.2 Å². The smallest absolute Gasteiger partial charge is 0.246 e. The summed E-state index contributed by atoms with van der Waals surface area (Å²) in [5, 5.41) is 8.06.